The fourth-order valence-corrected chi connectivity index (χ4v) is 2.83. The Morgan fingerprint density at radius 2 is 1.81 bits per heavy atom. The number of ether oxygens (including phenoxy) is 1. The van der Waals surface area contributed by atoms with Crippen LogP contribution in [0.2, 0.25) is 10.0 Å². The van der Waals surface area contributed by atoms with Crippen molar-refractivity contribution >= 4 is 46.8 Å². The predicted molar refractivity (Wildman–Crippen MR) is 109 cm³/mol. The number of hydrogen-bond acceptors (Lipinski definition) is 3. The van der Waals surface area contributed by atoms with Crippen molar-refractivity contribution in [3.05, 3.63) is 64.1 Å². The van der Waals surface area contributed by atoms with Gasteiger partial charge >= 0.3 is 0 Å². The second kappa shape index (κ2) is 10.00. The summed E-state index contributed by atoms with van der Waals surface area (Å²) in [4.78, 5) is 26.1. The average Bonchev–Trinajstić information content (AvgIpc) is 2.67. The zero-order valence-electron chi connectivity index (χ0n) is 15.0. The van der Waals surface area contributed by atoms with Gasteiger partial charge in [-0.25, -0.2) is 0 Å². The monoisotopic (exact) mass is 406 g/mol. The van der Waals surface area contributed by atoms with Gasteiger partial charge in [-0.15, -0.1) is 0 Å². The molecule has 2 amide bonds. The minimum absolute atomic E-state index is 0.112. The van der Waals surface area contributed by atoms with E-state index in [-0.39, 0.29) is 18.4 Å². The molecule has 0 atom stereocenters. The SMILES string of the molecule is CCN(CC(=O)Nc1c(Cl)cccc1Cl)C(=O)/C=C/c1cccc(OC)c1. The van der Waals surface area contributed by atoms with Crippen molar-refractivity contribution in [3.8, 4) is 5.75 Å². The molecule has 1 N–H and O–H groups in total. The molecule has 0 heterocycles. The van der Waals surface area contributed by atoms with Crippen LogP contribution >= 0.6 is 23.2 Å². The van der Waals surface area contributed by atoms with Crippen LogP contribution in [0.3, 0.4) is 0 Å². The largest absolute Gasteiger partial charge is 0.497 e. The van der Waals surface area contributed by atoms with E-state index in [0.717, 1.165) is 5.56 Å². The third-order valence-corrected chi connectivity index (χ3v) is 4.40. The van der Waals surface area contributed by atoms with Gasteiger partial charge in [0.05, 0.1) is 22.8 Å². The summed E-state index contributed by atoms with van der Waals surface area (Å²) in [6.07, 6.45) is 3.10. The summed E-state index contributed by atoms with van der Waals surface area (Å²) in [5, 5.41) is 3.32. The maximum absolute atomic E-state index is 12.4. The normalized spacial score (nSPS) is 10.7. The van der Waals surface area contributed by atoms with E-state index in [1.165, 1.54) is 11.0 Å². The number of amides is 2. The number of nitrogens with one attached hydrogen (secondary N) is 1. The van der Waals surface area contributed by atoms with Gasteiger partial charge in [0.15, 0.2) is 0 Å². The summed E-state index contributed by atoms with van der Waals surface area (Å²) in [5.74, 6) is 0.0450. The molecular formula is C20H20Cl2N2O3. The minimum Gasteiger partial charge on any atom is -0.497 e. The Bertz CT molecular complexity index is 833. The lowest BCUT2D eigenvalue weighted by atomic mass is 10.2. The number of anilines is 1. The van der Waals surface area contributed by atoms with E-state index < -0.39 is 0 Å². The first-order chi connectivity index (χ1) is 12.9. The molecule has 0 spiro atoms. The fourth-order valence-electron chi connectivity index (χ4n) is 2.33. The predicted octanol–water partition coefficient (Wildman–Crippen LogP) is 4.50. The molecule has 0 saturated heterocycles. The van der Waals surface area contributed by atoms with Crippen LogP contribution in [0.4, 0.5) is 5.69 Å². The molecular weight excluding hydrogens is 387 g/mol. The number of para-hydroxylation sites is 1. The number of carbonyl (C=O) groups excluding carboxylic acids is 2. The van der Waals surface area contributed by atoms with Gasteiger partial charge in [-0.1, -0.05) is 41.4 Å². The zero-order valence-corrected chi connectivity index (χ0v) is 16.6. The molecule has 0 aliphatic carbocycles. The van der Waals surface area contributed by atoms with E-state index in [4.69, 9.17) is 27.9 Å². The van der Waals surface area contributed by atoms with E-state index in [9.17, 15) is 9.59 Å². The molecule has 142 valence electrons. The summed E-state index contributed by atoms with van der Waals surface area (Å²) >= 11 is 12.1. The van der Waals surface area contributed by atoms with Gasteiger partial charge in [0.25, 0.3) is 0 Å². The Kier molecular flexibility index (Phi) is 7.70. The van der Waals surface area contributed by atoms with Gasteiger partial charge in [0.2, 0.25) is 11.8 Å². The Balaban J connectivity index is 2.01. The molecule has 27 heavy (non-hydrogen) atoms. The van der Waals surface area contributed by atoms with Gasteiger partial charge in [-0.2, -0.15) is 0 Å². The van der Waals surface area contributed by atoms with Gasteiger partial charge in [0.1, 0.15) is 12.3 Å². The molecule has 0 saturated carbocycles. The van der Waals surface area contributed by atoms with Gasteiger partial charge in [-0.3, -0.25) is 9.59 Å². The lowest BCUT2D eigenvalue weighted by Crippen LogP contribution is -2.37. The first-order valence-corrected chi connectivity index (χ1v) is 9.05. The van der Waals surface area contributed by atoms with Gasteiger partial charge in [-0.05, 0) is 42.8 Å². The molecule has 0 fully saturated rings. The fraction of sp³-hybridized carbons (Fsp3) is 0.200. The molecule has 2 rings (SSSR count). The maximum Gasteiger partial charge on any atom is 0.247 e. The van der Waals surface area contributed by atoms with Crippen molar-refractivity contribution in [2.45, 2.75) is 6.92 Å². The zero-order chi connectivity index (χ0) is 19.8. The highest BCUT2D eigenvalue weighted by Crippen LogP contribution is 2.29. The average molecular weight is 407 g/mol. The van der Waals surface area contributed by atoms with Crippen molar-refractivity contribution < 1.29 is 14.3 Å². The number of benzene rings is 2. The highest BCUT2D eigenvalue weighted by molar-refractivity contribution is 6.39. The number of rotatable bonds is 7. The molecule has 0 aromatic heterocycles. The Labute approximate surface area is 168 Å². The maximum atomic E-state index is 12.4. The lowest BCUT2D eigenvalue weighted by molar-refractivity contribution is -0.130. The third-order valence-electron chi connectivity index (χ3n) is 3.77. The number of nitrogens with zero attached hydrogens (tertiary/aromatic N) is 1. The molecule has 0 radical (unpaired) electrons. The van der Waals surface area contributed by atoms with E-state index in [1.54, 1.807) is 38.3 Å². The van der Waals surface area contributed by atoms with Crippen molar-refractivity contribution in [2.24, 2.45) is 0 Å². The van der Waals surface area contributed by atoms with Crippen LogP contribution in [-0.4, -0.2) is 36.9 Å². The van der Waals surface area contributed by atoms with Crippen LogP contribution in [0.15, 0.2) is 48.5 Å². The van der Waals surface area contributed by atoms with Crippen LogP contribution in [0.5, 0.6) is 5.75 Å². The summed E-state index contributed by atoms with van der Waals surface area (Å²) in [6, 6.07) is 12.3. The van der Waals surface area contributed by atoms with Crippen LogP contribution in [0, 0.1) is 0 Å². The van der Waals surface area contributed by atoms with Gasteiger partial charge in [0, 0.05) is 12.6 Å². The second-order valence-corrected chi connectivity index (χ2v) is 6.42. The number of halogens is 2. The summed E-state index contributed by atoms with van der Waals surface area (Å²) in [7, 11) is 1.58. The van der Waals surface area contributed by atoms with E-state index in [0.29, 0.717) is 28.0 Å². The quantitative estimate of drug-likeness (QED) is 0.688. The van der Waals surface area contributed by atoms with Crippen molar-refractivity contribution in [1.29, 1.82) is 0 Å². The smallest absolute Gasteiger partial charge is 0.247 e. The number of hydrogen-bond donors (Lipinski definition) is 1. The standard InChI is InChI=1S/C20H20Cl2N2O3/c1-3-24(13-18(25)23-20-16(21)8-5-9-17(20)22)19(26)11-10-14-6-4-7-15(12-14)27-2/h4-12H,3,13H2,1-2H3,(H,23,25)/b11-10+. The van der Waals surface area contributed by atoms with Crippen LogP contribution in [-0.2, 0) is 9.59 Å². The lowest BCUT2D eigenvalue weighted by Gasteiger charge is -2.19. The van der Waals surface area contributed by atoms with E-state index in [2.05, 4.69) is 5.32 Å². The Morgan fingerprint density at radius 1 is 1.15 bits per heavy atom. The van der Waals surface area contributed by atoms with E-state index in [1.807, 2.05) is 24.3 Å². The molecule has 5 nitrogen and oxygen atoms in total. The van der Waals surface area contributed by atoms with Crippen molar-refractivity contribution in [2.75, 3.05) is 25.5 Å². The number of carbonyl (C=O) groups is 2. The topological polar surface area (TPSA) is 58.6 Å². The van der Waals surface area contributed by atoms with E-state index >= 15 is 0 Å². The number of methoxy groups -OCH3 is 1. The van der Waals surface area contributed by atoms with Crippen LogP contribution < -0.4 is 10.1 Å². The molecule has 0 bridgehead atoms. The number of likely N-dealkylation sites (N-methyl/N-ethyl adjacent to an activating group) is 1. The second-order valence-electron chi connectivity index (χ2n) is 5.61. The molecule has 0 aliphatic rings. The molecule has 7 heteroatoms. The summed E-state index contributed by atoms with van der Waals surface area (Å²) in [6.45, 7) is 2.07. The molecule has 2 aromatic rings. The Morgan fingerprint density at radius 3 is 2.44 bits per heavy atom. The molecule has 2 aromatic carbocycles. The van der Waals surface area contributed by atoms with Crippen molar-refractivity contribution in [3.63, 3.8) is 0 Å². The summed E-state index contributed by atoms with van der Waals surface area (Å²) < 4.78 is 5.16. The highest BCUT2D eigenvalue weighted by Gasteiger charge is 2.15. The molecule has 0 unspecified atom stereocenters. The first-order valence-electron chi connectivity index (χ1n) is 8.29. The summed E-state index contributed by atoms with van der Waals surface area (Å²) in [5.41, 5.74) is 1.16. The first kappa shape index (κ1) is 20.8. The van der Waals surface area contributed by atoms with Crippen LogP contribution in [0.25, 0.3) is 6.08 Å². The minimum atomic E-state index is -0.380. The molecule has 0 aliphatic heterocycles. The highest BCUT2D eigenvalue weighted by atomic mass is 35.5. The third kappa shape index (κ3) is 6.01. The van der Waals surface area contributed by atoms with Gasteiger partial charge < -0.3 is 15.0 Å². The van der Waals surface area contributed by atoms with Crippen LogP contribution in [0.1, 0.15) is 12.5 Å². The Hall–Kier alpha value is -2.50. The van der Waals surface area contributed by atoms with Crippen molar-refractivity contribution in [1.82, 2.24) is 4.90 Å².